The highest BCUT2D eigenvalue weighted by Crippen LogP contribution is 2.23. The van der Waals surface area contributed by atoms with Gasteiger partial charge >= 0.3 is 0 Å². The van der Waals surface area contributed by atoms with Crippen LogP contribution < -0.4 is 16.6 Å². The maximum Gasteiger partial charge on any atom is 0.266 e. The number of aryl methyl sites for hydroxylation is 1. The van der Waals surface area contributed by atoms with Crippen LogP contribution in [-0.2, 0) is 7.05 Å². The molecule has 0 saturated heterocycles. The van der Waals surface area contributed by atoms with Gasteiger partial charge < -0.3 is 11.1 Å². The Balaban J connectivity index is 1.46. The summed E-state index contributed by atoms with van der Waals surface area (Å²) in [5, 5.41) is 11.8. The third-order valence-electron chi connectivity index (χ3n) is 6.53. The van der Waals surface area contributed by atoms with E-state index in [2.05, 4.69) is 20.5 Å². The Kier molecular flexibility index (Phi) is 6.15. The first-order valence-electron chi connectivity index (χ1n) is 12.6. The predicted octanol–water partition coefficient (Wildman–Crippen LogP) is 3.41. The van der Waals surface area contributed by atoms with Gasteiger partial charge in [-0.2, -0.15) is 5.10 Å². The molecule has 0 bridgehead atoms. The number of para-hydroxylation sites is 1. The molecule has 11 heteroatoms. The summed E-state index contributed by atoms with van der Waals surface area (Å²) < 4.78 is 4.70. The van der Waals surface area contributed by atoms with E-state index in [1.54, 1.807) is 42.3 Å². The first-order valence-corrected chi connectivity index (χ1v) is 12.6. The van der Waals surface area contributed by atoms with Crippen molar-refractivity contribution >= 4 is 40.4 Å². The fourth-order valence-corrected chi connectivity index (χ4v) is 4.70. The van der Waals surface area contributed by atoms with Crippen LogP contribution in [0.25, 0.3) is 34.4 Å². The Morgan fingerprint density at radius 1 is 1.07 bits per heavy atom. The summed E-state index contributed by atoms with van der Waals surface area (Å²) in [5.74, 6) is -0.0466. The Morgan fingerprint density at radius 3 is 2.67 bits per heavy atom. The summed E-state index contributed by atoms with van der Waals surface area (Å²) in [6.45, 7) is 1.77. The number of aromatic nitrogens is 7. The van der Waals surface area contributed by atoms with Crippen LogP contribution in [0.15, 0.2) is 84.2 Å². The fourth-order valence-electron chi connectivity index (χ4n) is 4.70. The number of nitrogens with two attached hydrogens (primary N) is 1. The summed E-state index contributed by atoms with van der Waals surface area (Å²) in [6, 6.07) is 15.8. The molecule has 0 aliphatic heterocycles. The van der Waals surface area contributed by atoms with Crippen LogP contribution in [0, 0.1) is 0 Å². The predicted molar refractivity (Wildman–Crippen MR) is 153 cm³/mol. The summed E-state index contributed by atoms with van der Waals surface area (Å²) in [5.41, 5.74) is 9.07. The van der Waals surface area contributed by atoms with Gasteiger partial charge in [0.2, 0.25) is 0 Å². The van der Waals surface area contributed by atoms with Gasteiger partial charge in [0.15, 0.2) is 11.5 Å². The van der Waals surface area contributed by atoms with Gasteiger partial charge in [-0.25, -0.2) is 14.5 Å². The lowest BCUT2D eigenvalue weighted by molar-refractivity contribution is 0.0940. The molecule has 4 heterocycles. The highest BCUT2D eigenvalue weighted by molar-refractivity contribution is 6.04. The third-order valence-corrected chi connectivity index (χ3v) is 6.53. The van der Waals surface area contributed by atoms with Gasteiger partial charge in [-0.05, 0) is 36.8 Å². The Labute approximate surface area is 228 Å². The maximum atomic E-state index is 14.2. The van der Waals surface area contributed by atoms with Crippen LogP contribution in [0.4, 0.5) is 5.82 Å². The Hall–Kier alpha value is -5.58. The van der Waals surface area contributed by atoms with E-state index in [9.17, 15) is 9.59 Å². The van der Waals surface area contributed by atoms with E-state index in [4.69, 9.17) is 10.7 Å². The van der Waals surface area contributed by atoms with Crippen molar-refractivity contribution < 1.29 is 4.79 Å². The minimum atomic E-state index is -0.669. The first kappa shape index (κ1) is 24.7. The minimum Gasteiger partial charge on any atom is -0.381 e. The van der Waals surface area contributed by atoms with Gasteiger partial charge in [0.1, 0.15) is 11.4 Å². The molecule has 0 unspecified atom stereocenters. The number of carbonyl (C=O) groups excluding carboxylic acids is 1. The maximum absolute atomic E-state index is 14.2. The summed E-state index contributed by atoms with van der Waals surface area (Å²) in [6.07, 6.45) is 10.6. The molecule has 40 heavy (non-hydrogen) atoms. The zero-order chi connectivity index (χ0) is 27.8. The molecule has 198 valence electrons. The molecule has 0 spiro atoms. The number of fused-ring (bicyclic) bond motifs is 2. The molecule has 3 N–H and O–H groups in total. The number of hydrogen-bond acceptors (Lipinski definition) is 7. The number of carbonyl (C=O) groups is 1. The number of rotatable bonds is 6. The quantitative estimate of drug-likeness (QED) is 0.336. The number of anilines is 1. The summed E-state index contributed by atoms with van der Waals surface area (Å²) in [4.78, 5) is 36.7. The SMILES string of the molecule is C[C@@H](NC(=O)c1c(N)nn2cccnc12)c1nc2cccc(/C=C/c3cnn(C)c3)c2c(=O)n1-c1ccccc1. The fraction of sp³-hybridized carbons (Fsp3) is 0.103. The van der Waals surface area contributed by atoms with Crippen LogP contribution in [0.5, 0.6) is 0 Å². The molecule has 0 fully saturated rings. The largest absolute Gasteiger partial charge is 0.381 e. The van der Waals surface area contributed by atoms with Crippen molar-refractivity contribution in [2.45, 2.75) is 13.0 Å². The van der Waals surface area contributed by atoms with E-state index in [0.717, 1.165) is 11.1 Å². The number of nitrogens with one attached hydrogen (secondary N) is 1. The Morgan fingerprint density at radius 2 is 1.90 bits per heavy atom. The monoisotopic (exact) mass is 531 g/mol. The standard InChI is InChI=1S/C29H25N9O2/c1-18(33-28(39)24-25(30)35-37-15-7-14-31-27(24)37)26-34-22-11-6-8-20(13-12-19-16-32-36(2)17-19)23(22)29(40)38(26)21-9-4-3-5-10-21/h3-18H,1-2H3,(H2,30,35)(H,33,39)/b13-12+/t18-/m1/s1. The van der Waals surface area contributed by atoms with Gasteiger partial charge in [0.05, 0.1) is 28.8 Å². The number of amides is 1. The molecule has 6 aromatic rings. The molecule has 1 atom stereocenters. The number of nitrogens with zero attached hydrogens (tertiary/aromatic N) is 7. The van der Waals surface area contributed by atoms with Crippen LogP contribution >= 0.6 is 0 Å². The summed E-state index contributed by atoms with van der Waals surface area (Å²) in [7, 11) is 1.85. The second-order valence-electron chi connectivity index (χ2n) is 9.31. The average molecular weight is 532 g/mol. The molecular weight excluding hydrogens is 506 g/mol. The van der Waals surface area contributed by atoms with E-state index in [-0.39, 0.29) is 16.9 Å². The van der Waals surface area contributed by atoms with Crippen LogP contribution in [-0.4, -0.2) is 39.8 Å². The molecule has 0 aliphatic carbocycles. The van der Waals surface area contributed by atoms with E-state index >= 15 is 0 Å². The van der Waals surface area contributed by atoms with Gasteiger partial charge in [0, 0.05) is 31.2 Å². The minimum absolute atomic E-state index is 0.0559. The van der Waals surface area contributed by atoms with E-state index in [0.29, 0.717) is 28.1 Å². The Bertz CT molecular complexity index is 1970. The number of hydrogen-bond donors (Lipinski definition) is 2. The lowest BCUT2D eigenvalue weighted by Gasteiger charge is -2.20. The molecule has 0 radical (unpaired) electrons. The number of nitrogen functional groups attached to an aromatic ring is 1. The van der Waals surface area contributed by atoms with Crippen molar-refractivity contribution in [3.8, 4) is 5.69 Å². The molecule has 4 aromatic heterocycles. The van der Waals surface area contributed by atoms with Crippen LogP contribution in [0.3, 0.4) is 0 Å². The van der Waals surface area contributed by atoms with Gasteiger partial charge in [0.25, 0.3) is 11.5 Å². The average Bonchev–Trinajstić information content (AvgIpc) is 3.53. The van der Waals surface area contributed by atoms with E-state index < -0.39 is 11.9 Å². The number of benzene rings is 2. The van der Waals surface area contributed by atoms with Crippen LogP contribution in [0.1, 0.15) is 40.3 Å². The topological polar surface area (TPSA) is 138 Å². The van der Waals surface area contributed by atoms with Crippen molar-refractivity contribution in [1.82, 2.24) is 39.2 Å². The first-order chi connectivity index (χ1) is 19.4. The lowest BCUT2D eigenvalue weighted by atomic mass is 10.1. The van der Waals surface area contributed by atoms with Gasteiger partial charge in [-0.1, -0.05) is 42.5 Å². The van der Waals surface area contributed by atoms with Crippen molar-refractivity contribution in [3.63, 3.8) is 0 Å². The van der Waals surface area contributed by atoms with Gasteiger partial charge in [-0.3, -0.25) is 18.8 Å². The van der Waals surface area contributed by atoms with E-state index in [1.807, 2.05) is 67.9 Å². The van der Waals surface area contributed by atoms with Crippen molar-refractivity contribution in [3.05, 3.63) is 112 Å². The van der Waals surface area contributed by atoms with Crippen molar-refractivity contribution in [1.29, 1.82) is 0 Å². The molecule has 6 rings (SSSR count). The molecule has 0 aliphatic rings. The molecule has 1 amide bonds. The molecular formula is C29H25N9O2. The van der Waals surface area contributed by atoms with Crippen molar-refractivity contribution in [2.24, 2.45) is 7.05 Å². The second-order valence-corrected chi connectivity index (χ2v) is 9.31. The van der Waals surface area contributed by atoms with E-state index in [1.165, 1.54) is 9.08 Å². The van der Waals surface area contributed by atoms with Crippen LogP contribution in [0.2, 0.25) is 0 Å². The lowest BCUT2D eigenvalue weighted by Crippen LogP contribution is -2.33. The zero-order valence-corrected chi connectivity index (χ0v) is 21.8. The second kappa shape index (κ2) is 9.95. The third kappa shape index (κ3) is 4.39. The van der Waals surface area contributed by atoms with Crippen molar-refractivity contribution in [2.75, 3.05) is 5.73 Å². The highest BCUT2D eigenvalue weighted by Gasteiger charge is 2.24. The normalized spacial score (nSPS) is 12.3. The molecule has 2 aromatic carbocycles. The summed E-state index contributed by atoms with van der Waals surface area (Å²) >= 11 is 0. The molecule has 0 saturated carbocycles. The smallest absolute Gasteiger partial charge is 0.266 e. The zero-order valence-electron chi connectivity index (χ0n) is 21.8. The highest BCUT2D eigenvalue weighted by atomic mass is 16.2. The van der Waals surface area contributed by atoms with Gasteiger partial charge in [-0.15, -0.1) is 5.10 Å². The molecule has 11 nitrogen and oxygen atoms in total.